The number of aryl methyl sites for hydroxylation is 2. The molecule has 0 unspecified atom stereocenters. The predicted octanol–water partition coefficient (Wildman–Crippen LogP) is 7.57. The number of carbonyl (C=O) groups excluding carboxylic acids is 1. The number of hydrogen-bond donors (Lipinski definition) is 0. The fourth-order valence-corrected chi connectivity index (χ4v) is 3.60. The van der Waals surface area contributed by atoms with Gasteiger partial charge in [0, 0.05) is 11.8 Å². The number of rotatable bonds is 11. The van der Waals surface area contributed by atoms with E-state index in [1.807, 2.05) is 30.5 Å². The molecule has 0 aliphatic carbocycles. The normalized spacial score (nSPS) is 10.8. The molecule has 0 N–H and O–H groups in total. The van der Waals surface area contributed by atoms with Crippen molar-refractivity contribution < 1.29 is 13.9 Å². The Kier molecular flexibility index (Phi) is 8.97. The smallest absolute Gasteiger partial charge is 0.343 e. The van der Waals surface area contributed by atoms with Gasteiger partial charge in [0.05, 0.1) is 11.3 Å². The molecule has 0 saturated heterocycles. The molecule has 168 valence electrons. The van der Waals surface area contributed by atoms with Crippen LogP contribution in [0.25, 0.3) is 11.3 Å². The Bertz CT molecular complexity index is 997. The van der Waals surface area contributed by atoms with Crippen LogP contribution < -0.4 is 4.74 Å². The average Bonchev–Trinajstić information content (AvgIpc) is 2.82. The zero-order valence-corrected chi connectivity index (χ0v) is 19.1. The van der Waals surface area contributed by atoms with Crippen LogP contribution in [-0.2, 0) is 12.8 Å². The molecule has 0 aliphatic heterocycles. The van der Waals surface area contributed by atoms with Crippen LogP contribution >= 0.6 is 0 Å². The molecule has 0 radical (unpaired) electrons. The number of ether oxygens (including phenoxy) is 1. The number of halogens is 1. The maximum atomic E-state index is 14.4. The van der Waals surface area contributed by atoms with Gasteiger partial charge in [0.1, 0.15) is 0 Å². The zero-order chi connectivity index (χ0) is 22.8. The van der Waals surface area contributed by atoms with Crippen LogP contribution in [0.5, 0.6) is 5.75 Å². The molecule has 3 rings (SSSR count). The summed E-state index contributed by atoms with van der Waals surface area (Å²) in [5, 5.41) is 0. The highest BCUT2D eigenvalue weighted by Crippen LogP contribution is 2.23. The van der Waals surface area contributed by atoms with Gasteiger partial charge in [-0.25, -0.2) is 9.18 Å². The molecule has 0 atom stereocenters. The third-order valence-electron chi connectivity index (χ3n) is 5.58. The first-order valence-electron chi connectivity index (χ1n) is 11.7. The summed E-state index contributed by atoms with van der Waals surface area (Å²) >= 11 is 0. The lowest BCUT2D eigenvalue weighted by atomic mass is 10.1. The van der Waals surface area contributed by atoms with E-state index < -0.39 is 11.8 Å². The van der Waals surface area contributed by atoms with Crippen molar-refractivity contribution in [1.29, 1.82) is 0 Å². The molecule has 32 heavy (non-hydrogen) atoms. The second-order valence-corrected chi connectivity index (χ2v) is 8.20. The van der Waals surface area contributed by atoms with Crippen LogP contribution in [0.15, 0.2) is 60.8 Å². The van der Waals surface area contributed by atoms with Gasteiger partial charge in [-0.15, -0.1) is 0 Å². The zero-order valence-electron chi connectivity index (χ0n) is 19.1. The minimum atomic E-state index is -0.575. The first-order chi connectivity index (χ1) is 15.6. The highest BCUT2D eigenvalue weighted by molar-refractivity contribution is 5.91. The number of aromatic nitrogens is 1. The van der Waals surface area contributed by atoms with E-state index in [4.69, 9.17) is 4.74 Å². The number of nitrogens with zero attached hydrogens (tertiary/aromatic N) is 1. The van der Waals surface area contributed by atoms with Crippen LogP contribution in [0.1, 0.15) is 73.9 Å². The third-order valence-corrected chi connectivity index (χ3v) is 5.58. The Hall–Kier alpha value is -3.01. The topological polar surface area (TPSA) is 39.2 Å². The van der Waals surface area contributed by atoms with Crippen LogP contribution in [0.4, 0.5) is 4.39 Å². The van der Waals surface area contributed by atoms with E-state index in [-0.39, 0.29) is 5.75 Å². The van der Waals surface area contributed by atoms with Crippen LogP contribution in [0.2, 0.25) is 0 Å². The predicted molar refractivity (Wildman–Crippen MR) is 127 cm³/mol. The van der Waals surface area contributed by atoms with Gasteiger partial charge in [0.2, 0.25) is 0 Å². The molecule has 0 saturated carbocycles. The fourth-order valence-electron chi connectivity index (χ4n) is 3.60. The van der Waals surface area contributed by atoms with Crippen LogP contribution in [-0.4, -0.2) is 11.0 Å². The number of pyridine rings is 1. The van der Waals surface area contributed by atoms with Crippen molar-refractivity contribution in [3.8, 4) is 17.0 Å². The Labute approximate surface area is 190 Å². The summed E-state index contributed by atoms with van der Waals surface area (Å²) in [6.07, 6.45) is 10.6. The Morgan fingerprint density at radius 3 is 2.22 bits per heavy atom. The van der Waals surface area contributed by atoms with E-state index in [1.165, 1.54) is 24.5 Å². The van der Waals surface area contributed by atoms with Crippen molar-refractivity contribution in [2.75, 3.05) is 0 Å². The molecule has 0 bridgehead atoms. The van der Waals surface area contributed by atoms with Gasteiger partial charge < -0.3 is 4.74 Å². The van der Waals surface area contributed by atoms with Crippen LogP contribution in [0.3, 0.4) is 0 Å². The first-order valence-corrected chi connectivity index (χ1v) is 11.7. The van der Waals surface area contributed by atoms with Crippen molar-refractivity contribution in [3.63, 3.8) is 0 Å². The molecule has 4 heteroatoms. The molecular formula is C28H32FNO2. The van der Waals surface area contributed by atoms with Gasteiger partial charge in [0.15, 0.2) is 11.6 Å². The summed E-state index contributed by atoms with van der Waals surface area (Å²) in [5.41, 5.74) is 4.30. The number of unbranched alkanes of at least 4 members (excludes halogenated alkanes) is 4. The minimum Gasteiger partial charge on any atom is -0.420 e. The maximum absolute atomic E-state index is 14.4. The van der Waals surface area contributed by atoms with Crippen molar-refractivity contribution in [1.82, 2.24) is 4.98 Å². The maximum Gasteiger partial charge on any atom is 0.343 e. The lowest BCUT2D eigenvalue weighted by Crippen LogP contribution is -2.09. The highest BCUT2D eigenvalue weighted by Gasteiger charge is 2.13. The van der Waals surface area contributed by atoms with Crippen molar-refractivity contribution in [2.24, 2.45) is 0 Å². The Morgan fingerprint density at radius 2 is 1.56 bits per heavy atom. The van der Waals surface area contributed by atoms with E-state index in [1.54, 1.807) is 18.2 Å². The molecule has 0 amide bonds. The average molecular weight is 434 g/mol. The second kappa shape index (κ2) is 12.1. The second-order valence-electron chi connectivity index (χ2n) is 8.20. The lowest BCUT2D eigenvalue weighted by molar-refractivity contribution is 0.0728. The minimum absolute atomic E-state index is 0.0410. The summed E-state index contributed by atoms with van der Waals surface area (Å²) in [4.78, 5) is 17.0. The molecule has 0 aliphatic rings. The van der Waals surface area contributed by atoms with E-state index in [2.05, 4.69) is 24.9 Å². The molecule has 1 heterocycles. The number of esters is 1. The SMILES string of the molecule is CCCCCCc1ccc(OC(=O)c2ccc(-c3ccc(CCCC)cn3)cc2)c(F)c1. The van der Waals surface area contributed by atoms with E-state index in [0.29, 0.717) is 5.56 Å². The van der Waals surface area contributed by atoms with Crippen molar-refractivity contribution in [3.05, 3.63) is 83.3 Å². The Morgan fingerprint density at radius 1 is 0.844 bits per heavy atom. The summed E-state index contributed by atoms with van der Waals surface area (Å²) in [5.74, 6) is -1.12. The molecule has 3 aromatic rings. The van der Waals surface area contributed by atoms with E-state index in [0.717, 1.165) is 55.3 Å². The van der Waals surface area contributed by atoms with Gasteiger partial charge in [-0.2, -0.15) is 0 Å². The van der Waals surface area contributed by atoms with Crippen molar-refractivity contribution >= 4 is 5.97 Å². The van der Waals surface area contributed by atoms with Gasteiger partial charge in [0.25, 0.3) is 0 Å². The Balaban J connectivity index is 1.60. The molecule has 1 aromatic heterocycles. The quantitative estimate of drug-likeness (QED) is 0.178. The van der Waals surface area contributed by atoms with Crippen LogP contribution in [0, 0.1) is 5.82 Å². The molecule has 2 aromatic carbocycles. The van der Waals surface area contributed by atoms with Crippen molar-refractivity contribution in [2.45, 2.75) is 65.2 Å². The summed E-state index contributed by atoms with van der Waals surface area (Å²) in [6.45, 7) is 4.34. The molecule has 0 fully saturated rings. The molecule has 0 spiro atoms. The number of carbonyl (C=O) groups is 1. The summed E-state index contributed by atoms with van der Waals surface area (Å²) in [6, 6.07) is 16.0. The highest BCUT2D eigenvalue weighted by atomic mass is 19.1. The van der Waals surface area contributed by atoms with Gasteiger partial charge in [-0.1, -0.05) is 63.8 Å². The molecular weight excluding hydrogens is 401 g/mol. The standard InChI is InChI=1S/C28H32FNO2/c1-3-5-7-8-10-21-12-18-27(25(29)19-21)32-28(31)24-15-13-23(14-16-24)26-17-11-22(20-30-26)9-6-4-2/h11-20H,3-10H2,1-2H3. The lowest BCUT2D eigenvalue weighted by Gasteiger charge is -2.08. The van der Waals surface area contributed by atoms with Gasteiger partial charge >= 0.3 is 5.97 Å². The number of benzene rings is 2. The number of hydrogen-bond acceptors (Lipinski definition) is 3. The van der Waals surface area contributed by atoms with Gasteiger partial charge in [-0.3, -0.25) is 4.98 Å². The summed E-state index contributed by atoms with van der Waals surface area (Å²) < 4.78 is 19.7. The summed E-state index contributed by atoms with van der Waals surface area (Å²) in [7, 11) is 0. The first kappa shape index (κ1) is 23.6. The fraction of sp³-hybridized carbons (Fsp3) is 0.357. The molecule has 3 nitrogen and oxygen atoms in total. The third kappa shape index (κ3) is 6.74. The van der Waals surface area contributed by atoms with E-state index >= 15 is 0 Å². The monoisotopic (exact) mass is 433 g/mol. The largest absolute Gasteiger partial charge is 0.420 e. The van der Waals surface area contributed by atoms with E-state index in [9.17, 15) is 9.18 Å². The van der Waals surface area contributed by atoms with Gasteiger partial charge in [-0.05, 0) is 67.1 Å².